The molecule has 0 radical (unpaired) electrons. The van der Waals surface area contributed by atoms with Gasteiger partial charge in [-0.05, 0) is 45.0 Å². The molecule has 0 fully saturated rings. The number of hydrazine groups is 2. The van der Waals surface area contributed by atoms with Crippen LogP contribution in [0.25, 0.3) is 0 Å². The number of rotatable bonds is 1. The second-order valence-electron chi connectivity index (χ2n) is 5.92. The molecule has 0 saturated heterocycles. The Bertz CT molecular complexity index is 619. The Balaban J connectivity index is 2.13. The van der Waals surface area contributed by atoms with Crippen molar-refractivity contribution >= 4 is 17.1 Å². The fourth-order valence-electron chi connectivity index (χ4n) is 2.49. The lowest BCUT2D eigenvalue weighted by molar-refractivity contribution is 0.458. The van der Waals surface area contributed by atoms with Crippen molar-refractivity contribution in [1.29, 1.82) is 0 Å². The molecule has 1 aliphatic rings. The number of nitrogens with zero attached hydrogens (tertiary/aromatic N) is 2. The van der Waals surface area contributed by atoms with Crippen LogP contribution in [0.2, 0.25) is 0 Å². The van der Waals surface area contributed by atoms with Gasteiger partial charge in [-0.1, -0.05) is 24.3 Å². The van der Waals surface area contributed by atoms with E-state index >= 15 is 0 Å². The summed E-state index contributed by atoms with van der Waals surface area (Å²) in [6.07, 6.45) is 0. The van der Waals surface area contributed by atoms with Crippen molar-refractivity contribution in [2.75, 3.05) is 15.6 Å². The number of anilines is 3. The quantitative estimate of drug-likeness (QED) is 0.827. The van der Waals surface area contributed by atoms with Crippen LogP contribution < -0.4 is 15.6 Å². The monoisotopic (exact) mass is 269 g/mol. The first-order chi connectivity index (χ1) is 9.48. The number of benzene rings is 2. The van der Waals surface area contributed by atoms with E-state index in [0.717, 1.165) is 17.1 Å². The third kappa shape index (κ3) is 1.93. The molecule has 2 N–H and O–H groups in total. The van der Waals surface area contributed by atoms with Crippen LogP contribution >= 0.6 is 0 Å². The Hall–Kier alpha value is -2.36. The highest BCUT2D eigenvalue weighted by Crippen LogP contribution is 2.45. The Morgan fingerprint density at radius 2 is 1.65 bits per heavy atom. The average molecular weight is 269 g/mol. The molecule has 0 amide bonds. The molecule has 2 aromatic carbocycles. The molecule has 0 bridgehead atoms. The molecule has 0 atom stereocenters. The van der Waals surface area contributed by atoms with Gasteiger partial charge in [-0.2, -0.15) is 5.12 Å². The highest BCUT2D eigenvalue weighted by atomic mass is 16.3. The second kappa shape index (κ2) is 4.34. The summed E-state index contributed by atoms with van der Waals surface area (Å²) in [4.78, 5) is 0. The molecular formula is C16H19N3O. The zero-order valence-corrected chi connectivity index (χ0v) is 12.0. The number of hydrogen-bond donors (Lipinski definition) is 2. The molecule has 0 aromatic heterocycles. The normalized spacial score (nSPS) is 14.2. The van der Waals surface area contributed by atoms with Crippen LogP contribution in [0.5, 0.6) is 5.75 Å². The Labute approximate surface area is 119 Å². The predicted octanol–water partition coefficient (Wildman–Crippen LogP) is 3.76. The molecule has 20 heavy (non-hydrogen) atoms. The lowest BCUT2D eigenvalue weighted by atomic mass is 10.1. The lowest BCUT2D eigenvalue weighted by Crippen LogP contribution is -2.52. The van der Waals surface area contributed by atoms with Gasteiger partial charge in [0.2, 0.25) is 0 Å². The Morgan fingerprint density at radius 1 is 0.950 bits per heavy atom. The number of phenols is 1. The van der Waals surface area contributed by atoms with E-state index in [2.05, 4.69) is 31.2 Å². The minimum absolute atomic E-state index is 0.174. The molecule has 4 nitrogen and oxygen atoms in total. The van der Waals surface area contributed by atoms with Crippen LogP contribution in [-0.2, 0) is 0 Å². The highest BCUT2D eigenvalue weighted by Gasteiger charge is 2.37. The number of nitrogens with one attached hydrogen (secondary N) is 1. The summed E-state index contributed by atoms with van der Waals surface area (Å²) >= 11 is 0. The van der Waals surface area contributed by atoms with Gasteiger partial charge in [0, 0.05) is 0 Å². The maximum absolute atomic E-state index is 10.2. The number of fused-ring (bicyclic) bond motifs is 1. The van der Waals surface area contributed by atoms with Gasteiger partial charge in [0.05, 0.1) is 16.9 Å². The van der Waals surface area contributed by atoms with Crippen molar-refractivity contribution in [2.45, 2.75) is 26.3 Å². The van der Waals surface area contributed by atoms with Crippen LogP contribution in [-0.4, -0.2) is 10.6 Å². The van der Waals surface area contributed by atoms with Gasteiger partial charge >= 0.3 is 0 Å². The third-order valence-corrected chi connectivity index (χ3v) is 3.29. The van der Waals surface area contributed by atoms with Gasteiger partial charge in [-0.25, -0.2) is 0 Å². The average Bonchev–Trinajstić information content (AvgIpc) is 2.80. The molecule has 0 saturated carbocycles. The van der Waals surface area contributed by atoms with Gasteiger partial charge in [-0.15, -0.1) is 0 Å². The molecule has 3 rings (SSSR count). The van der Waals surface area contributed by atoms with E-state index in [-0.39, 0.29) is 11.3 Å². The number of phenolic OH excluding ortho intramolecular Hbond substituents is 1. The van der Waals surface area contributed by atoms with E-state index in [9.17, 15) is 5.11 Å². The molecule has 2 aromatic rings. The standard InChI is InChI=1S/C16H19N3O/c1-16(2,3)18-15-13(10-7-11-14(15)20)17-19(18)12-8-5-4-6-9-12/h4-11,17,20H,1-3H3. The van der Waals surface area contributed by atoms with Gasteiger partial charge in [0.15, 0.2) is 0 Å². The molecule has 104 valence electrons. The van der Waals surface area contributed by atoms with E-state index in [1.807, 2.05) is 47.6 Å². The Kier molecular flexibility index (Phi) is 2.74. The molecule has 0 aliphatic carbocycles. The van der Waals surface area contributed by atoms with E-state index in [0.29, 0.717) is 0 Å². The van der Waals surface area contributed by atoms with Crippen LogP contribution in [0.1, 0.15) is 20.8 Å². The number of hydrogen-bond acceptors (Lipinski definition) is 4. The van der Waals surface area contributed by atoms with E-state index in [1.165, 1.54) is 0 Å². The minimum Gasteiger partial charge on any atom is -0.506 e. The largest absolute Gasteiger partial charge is 0.506 e. The smallest absolute Gasteiger partial charge is 0.143 e. The zero-order valence-electron chi connectivity index (χ0n) is 12.0. The van der Waals surface area contributed by atoms with E-state index < -0.39 is 0 Å². The van der Waals surface area contributed by atoms with Crippen molar-refractivity contribution in [1.82, 2.24) is 0 Å². The number of aromatic hydroxyl groups is 1. The fraction of sp³-hybridized carbons (Fsp3) is 0.250. The highest BCUT2D eigenvalue weighted by molar-refractivity contribution is 5.85. The van der Waals surface area contributed by atoms with Gasteiger partial charge < -0.3 is 5.11 Å². The molecule has 0 spiro atoms. The SMILES string of the molecule is CC(C)(C)N1c2c(O)cccc2NN1c1ccccc1. The van der Waals surface area contributed by atoms with Crippen LogP contribution in [0, 0.1) is 0 Å². The van der Waals surface area contributed by atoms with E-state index in [1.54, 1.807) is 6.07 Å². The summed E-state index contributed by atoms with van der Waals surface area (Å²) < 4.78 is 0. The van der Waals surface area contributed by atoms with Gasteiger partial charge in [0.25, 0.3) is 0 Å². The zero-order chi connectivity index (χ0) is 14.3. The van der Waals surface area contributed by atoms with Crippen molar-refractivity contribution in [2.24, 2.45) is 0 Å². The lowest BCUT2D eigenvalue weighted by Gasteiger charge is -2.40. The van der Waals surface area contributed by atoms with Gasteiger partial charge in [0.1, 0.15) is 11.4 Å². The van der Waals surface area contributed by atoms with Crippen LogP contribution in [0.3, 0.4) is 0 Å². The predicted molar refractivity (Wildman–Crippen MR) is 82.9 cm³/mol. The molecule has 1 aliphatic heterocycles. The minimum atomic E-state index is -0.174. The maximum Gasteiger partial charge on any atom is 0.143 e. The van der Waals surface area contributed by atoms with Crippen LogP contribution in [0.4, 0.5) is 17.1 Å². The summed E-state index contributed by atoms with van der Waals surface area (Å²) in [6.45, 7) is 6.35. The molecular weight excluding hydrogens is 250 g/mol. The summed E-state index contributed by atoms with van der Waals surface area (Å²) in [5.41, 5.74) is 5.92. The first-order valence-corrected chi connectivity index (χ1v) is 6.72. The van der Waals surface area contributed by atoms with E-state index in [4.69, 9.17) is 0 Å². The van der Waals surface area contributed by atoms with Crippen molar-refractivity contribution in [3.05, 3.63) is 48.5 Å². The first kappa shape index (κ1) is 12.7. The van der Waals surface area contributed by atoms with Crippen LogP contribution in [0.15, 0.2) is 48.5 Å². The Morgan fingerprint density at radius 3 is 2.30 bits per heavy atom. The molecule has 4 heteroatoms. The first-order valence-electron chi connectivity index (χ1n) is 6.72. The molecule has 0 unspecified atom stereocenters. The van der Waals surface area contributed by atoms with Crippen molar-refractivity contribution in [3.63, 3.8) is 0 Å². The second-order valence-corrected chi connectivity index (χ2v) is 5.92. The topological polar surface area (TPSA) is 38.7 Å². The fourth-order valence-corrected chi connectivity index (χ4v) is 2.49. The summed E-state index contributed by atoms with van der Waals surface area (Å²) in [6, 6.07) is 15.6. The van der Waals surface area contributed by atoms with Gasteiger partial charge in [-0.3, -0.25) is 10.4 Å². The summed E-state index contributed by atoms with van der Waals surface area (Å²) in [5.74, 6) is 0.281. The summed E-state index contributed by atoms with van der Waals surface area (Å²) in [5, 5.41) is 14.3. The maximum atomic E-state index is 10.2. The summed E-state index contributed by atoms with van der Waals surface area (Å²) in [7, 11) is 0. The van der Waals surface area contributed by atoms with Crippen molar-refractivity contribution < 1.29 is 5.11 Å². The van der Waals surface area contributed by atoms with Crippen molar-refractivity contribution in [3.8, 4) is 5.75 Å². The number of para-hydroxylation sites is 2. The third-order valence-electron chi connectivity index (χ3n) is 3.29. The molecule has 1 heterocycles.